The van der Waals surface area contributed by atoms with Gasteiger partial charge in [0.2, 0.25) is 15.9 Å². The predicted octanol–water partition coefficient (Wildman–Crippen LogP) is 4.60. The lowest BCUT2D eigenvalue weighted by molar-refractivity contribution is -0.115. The Morgan fingerprint density at radius 1 is 1.10 bits per heavy atom. The summed E-state index contributed by atoms with van der Waals surface area (Å²) in [5.41, 5.74) is 1.32. The number of nitrogens with zero attached hydrogens (tertiary/aromatic N) is 3. The molecule has 0 unspecified atom stereocenters. The van der Waals surface area contributed by atoms with Crippen LogP contribution < -0.4 is 16.1 Å². The highest BCUT2D eigenvalue weighted by Crippen LogP contribution is 2.28. The molecule has 0 saturated heterocycles. The Balaban J connectivity index is 1.74. The number of aryl methyl sites for hydroxylation is 1. The van der Waals surface area contributed by atoms with Gasteiger partial charge in [0, 0.05) is 34.1 Å². The third-order valence-corrected chi connectivity index (χ3v) is 7.72. The van der Waals surface area contributed by atoms with Gasteiger partial charge >= 0.3 is 5.69 Å². The molecule has 0 fully saturated rings. The number of carbonyl (C=O) groups is 1. The van der Waals surface area contributed by atoms with Gasteiger partial charge in [-0.1, -0.05) is 44.2 Å². The molecule has 1 heterocycles. The summed E-state index contributed by atoms with van der Waals surface area (Å²) in [5.74, 6) is -0.303. The summed E-state index contributed by atoms with van der Waals surface area (Å²) in [6.07, 6.45) is 1.49. The first kappa shape index (κ1) is 28.4. The van der Waals surface area contributed by atoms with Crippen molar-refractivity contribution in [1.82, 2.24) is 14.3 Å². The lowest BCUT2D eigenvalue weighted by Gasteiger charge is -2.11. The van der Waals surface area contributed by atoms with E-state index in [1.165, 1.54) is 27.4 Å². The molecule has 39 heavy (non-hydrogen) atoms. The lowest BCUT2D eigenvalue weighted by Crippen LogP contribution is -2.25. The van der Waals surface area contributed by atoms with E-state index in [4.69, 9.17) is 5.14 Å². The van der Waals surface area contributed by atoms with Gasteiger partial charge in [-0.15, -0.1) is 5.10 Å². The summed E-state index contributed by atoms with van der Waals surface area (Å²) in [6.45, 7) is 3.60. The average Bonchev–Trinajstić information content (AvgIpc) is 3.20. The van der Waals surface area contributed by atoms with E-state index in [0.29, 0.717) is 46.5 Å². The topological polar surface area (TPSA) is 129 Å². The molecule has 0 atom stereocenters. The summed E-state index contributed by atoms with van der Waals surface area (Å²) in [4.78, 5) is 25.3. The van der Waals surface area contributed by atoms with Crippen LogP contribution in [-0.2, 0) is 27.8 Å². The van der Waals surface area contributed by atoms with Crippen LogP contribution in [-0.4, -0.2) is 28.7 Å². The summed E-state index contributed by atoms with van der Waals surface area (Å²) >= 11 is 3.45. The normalized spacial score (nSPS) is 11.5. The summed E-state index contributed by atoms with van der Waals surface area (Å²) < 4.78 is 42.6. The van der Waals surface area contributed by atoms with Crippen molar-refractivity contribution in [2.24, 2.45) is 5.14 Å². The second kappa shape index (κ2) is 11.6. The van der Waals surface area contributed by atoms with Gasteiger partial charge in [0.1, 0.15) is 11.6 Å². The molecule has 0 radical (unpaired) electrons. The smallest absolute Gasteiger partial charge is 0.326 e. The maximum absolute atomic E-state index is 15.3. The molecule has 0 aliphatic carbocycles. The van der Waals surface area contributed by atoms with Crippen LogP contribution in [0.15, 0.2) is 74.8 Å². The molecule has 4 aromatic rings. The van der Waals surface area contributed by atoms with Gasteiger partial charge in [0.15, 0.2) is 0 Å². The Bertz CT molecular complexity index is 1720. The Morgan fingerprint density at radius 3 is 2.51 bits per heavy atom. The highest BCUT2D eigenvalue weighted by molar-refractivity contribution is 9.10. The number of anilines is 1. The monoisotopic (exact) mass is 615 g/mol. The molecule has 3 aromatic carbocycles. The molecule has 1 aromatic heterocycles. The minimum Gasteiger partial charge on any atom is -0.326 e. The quantitative estimate of drug-likeness (QED) is 0.284. The van der Waals surface area contributed by atoms with Crippen LogP contribution in [0.1, 0.15) is 38.1 Å². The molecule has 9 nitrogen and oxygen atoms in total. The van der Waals surface area contributed by atoms with Gasteiger partial charge in [0.25, 0.3) is 0 Å². The fraction of sp³-hybridized carbons (Fsp3) is 0.222. The van der Waals surface area contributed by atoms with Crippen LogP contribution in [0.5, 0.6) is 0 Å². The van der Waals surface area contributed by atoms with Crippen molar-refractivity contribution in [3.63, 3.8) is 0 Å². The third-order valence-electron chi connectivity index (χ3n) is 6.08. The van der Waals surface area contributed by atoms with Crippen LogP contribution in [0.2, 0.25) is 0 Å². The zero-order valence-electron chi connectivity index (χ0n) is 21.3. The third kappa shape index (κ3) is 6.18. The van der Waals surface area contributed by atoms with Crippen LogP contribution in [0.25, 0.3) is 16.8 Å². The number of aromatic nitrogens is 3. The fourth-order valence-electron chi connectivity index (χ4n) is 4.13. The standard InChI is InChI=1S/C27H27BrFN5O4S/c1-3-7-25-32-34(23-15-19(12-13-21(23)28)31-26(35)4-2)27(36)33(25)16-18-11-10-17(14-22(18)29)20-8-5-6-9-24(20)39(30,37)38/h5-6,8-15H,3-4,7,16H2,1-2H3,(H,31,35)(H2,30,37,38). The van der Waals surface area contributed by atoms with Crippen LogP contribution in [0.3, 0.4) is 0 Å². The van der Waals surface area contributed by atoms with Gasteiger partial charge < -0.3 is 5.32 Å². The fourth-order valence-corrected chi connectivity index (χ4v) is 5.31. The first-order chi connectivity index (χ1) is 18.5. The minimum atomic E-state index is -4.02. The number of hydrogen-bond donors (Lipinski definition) is 2. The second-order valence-corrected chi connectivity index (χ2v) is 11.2. The zero-order chi connectivity index (χ0) is 28.3. The molecule has 0 spiro atoms. The molecule has 4 rings (SSSR count). The molecular weight excluding hydrogens is 589 g/mol. The van der Waals surface area contributed by atoms with Crippen molar-refractivity contribution in [3.8, 4) is 16.8 Å². The van der Waals surface area contributed by atoms with E-state index in [0.717, 1.165) is 0 Å². The molecule has 1 amide bonds. The molecule has 204 valence electrons. The minimum absolute atomic E-state index is 0.0823. The van der Waals surface area contributed by atoms with E-state index in [1.807, 2.05) is 6.92 Å². The van der Waals surface area contributed by atoms with E-state index in [2.05, 4.69) is 26.3 Å². The van der Waals surface area contributed by atoms with E-state index >= 15 is 4.39 Å². The largest absolute Gasteiger partial charge is 0.351 e. The maximum Gasteiger partial charge on any atom is 0.351 e. The van der Waals surface area contributed by atoms with Crippen LogP contribution in [0.4, 0.5) is 10.1 Å². The Morgan fingerprint density at radius 2 is 1.85 bits per heavy atom. The SMILES string of the molecule is CCCc1nn(-c2cc(NC(=O)CC)ccc2Br)c(=O)n1Cc1ccc(-c2ccccc2S(N)(=O)=O)cc1F. The van der Waals surface area contributed by atoms with E-state index in [1.54, 1.807) is 49.4 Å². The molecule has 0 saturated carbocycles. The number of amides is 1. The second-order valence-electron chi connectivity index (χ2n) is 8.86. The highest BCUT2D eigenvalue weighted by Gasteiger charge is 2.20. The van der Waals surface area contributed by atoms with Gasteiger partial charge in [-0.05, 0) is 58.2 Å². The average molecular weight is 617 g/mol. The van der Waals surface area contributed by atoms with Crippen molar-refractivity contribution in [1.29, 1.82) is 0 Å². The van der Waals surface area contributed by atoms with Crippen molar-refractivity contribution < 1.29 is 17.6 Å². The van der Waals surface area contributed by atoms with Crippen molar-refractivity contribution in [2.75, 3.05) is 5.32 Å². The number of primary sulfonamides is 1. The summed E-state index contributed by atoms with van der Waals surface area (Å²) in [5, 5.41) is 12.6. The highest BCUT2D eigenvalue weighted by atomic mass is 79.9. The number of nitrogens with two attached hydrogens (primary N) is 1. The Kier molecular flexibility index (Phi) is 8.48. The van der Waals surface area contributed by atoms with Crippen LogP contribution >= 0.6 is 15.9 Å². The number of hydrogen-bond acceptors (Lipinski definition) is 5. The molecule has 0 bridgehead atoms. The summed E-state index contributed by atoms with van der Waals surface area (Å²) in [7, 11) is -4.02. The Labute approximate surface area is 233 Å². The van der Waals surface area contributed by atoms with Gasteiger partial charge in [-0.2, -0.15) is 4.68 Å². The maximum atomic E-state index is 15.3. The van der Waals surface area contributed by atoms with Gasteiger partial charge in [0.05, 0.1) is 17.1 Å². The zero-order valence-corrected chi connectivity index (χ0v) is 23.7. The van der Waals surface area contributed by atoms with Gasteiger partial charge in [-0.25, -0.2) is 22.7 Å². The number of carbonyl (C=O) groups excluding carboxylic acids is 1. The Hall–Kier alpha value is -3.61. The first-order valence-corrected chi connectivity index (χ1v) is 14.6. The van der Waals surface area contributed by atoms with Crippen molar-refractivity contribution >= 4 is 37.5 Å². The molecule has 12 heteroatoms. The van der Waals surface area contributed by atoms with E-state index < -0.39 is 21.5 Å². The van der Waals surface area contributed by atoms with Gasteiger partial charge in [-0.3, -0.25) is 9.36 Å². The number of nitrogens with one attached hydrogen (secondary N) is 1. The molecule has 0 aliphatic heterocycles. The van der Waals surface area contributed by atoms with E-state index in [9.17, 15) is 18.0 Å². The van der Waals surface area contributed by atoms with Crippen molar-refractivity contribution in [3.05, 3.63) is 92.8 Å². The molecule has 3 N–H and O–H groups in total. The molecular formula is C27H27BrFN5O4S. The van der Waals surface area contributed by atoms with Crippen molar-refractivity contribution in [2.45, 2.75) is 44.6 Å². The number of benzene rings is 3. The predicted molar refractivity (Wildman–Crippen MR) is 151 cm³/mol. The lowest BCUT2D eigenvalue weighted by atomic mass is 10.0. The van der Waals surface area contributed by atoms with E-state index in [-0.39, 0.29) is 28.5 Å². The number of halogens is 2. The molecule has 0 aliphatic rings. The van der Waals surface area contributed by atoms with Crippen LogP contribution in [0, 0.1) is 5.82 Å². The summed E-state index contributed by atoms with van der Waals surface area (Å²) in [6, 6.07) is 15.5. The number of sulfonamides is 1. The first-order valence-electron chi connectivity index (χ1n) is 12.2. The number of rotatable bonds is 9.